The van der Waals surface area contributed by atoms with Crippen molar-refractivity contribution in [2.75, 3.05) is 131 Å². The van der Waals surface area contributed by atoms with Crippen LogP contribution in [0.4, 0.5) is 69.4 Å². The third kappa shape index (κ3) is 10.4. The van der Waals surface area contributed by atoms with Crippen molar-refractivity contribution < 1.29 is 14.2 Å². The molecule has 396 valence electrons. The molecular weight excluding hydrogens is 1000 g/mol. The highest BCUT2D eigenvalue weighted by Gasteiger charge is 2.26. The monoisotopic (exact) mass is 1050 g/mol. The molecule has 7 aromatic heterocycles. The molecule has 0 aromatic carbocycles. The number of nitrogens with zero attached hydrogens (tertiary/aromatic N) is 24. The molecule has 0 spiro atoms. The van der Waals surface area contributed by atoms with Gasteiger partial charge in [0.2, 0.25) is 0 Å². The summed E-state index contributed by atoms with van der Waals surface area (Å²) in [6.07, 6.45) is 3.85. The number of pyridine rings is 3. The molecule has 30 nitrogen and oxygen atoms in total. The van der Waals surface area contributed by atoms with Crippen LogP contribution in [0, 0.1) is 54.8 Å². The van der Waals surface area contributed by atoms with Crippen LogP contribution in [-0.4, -0.2) is 159 Å². The predicted octanol–water partition coefficient (Wildman–Crippen LogP) is 6.04. The smallest absolute Gasteiger partial charge is 0.259 e. The zero-order valence-corrected chi connectivity index (χ0v) is 43.4. The first-order valence-electron chi connectivity index (χ1n) is 24.7. The average Bonchev–Trinajstić information content (AvgIpc) is 4.28. The second-order valence-electron chi connectivity index (χ2n) is 17.6. The lowest BCUT2D eigenvalue weighted by atomic mass is 10.2. The largest absolute Gasteiger partial charge is 0.378 e. The van der Waals surface area contributed by atoms with Crippen molar-refractivity contribution in [3.05, 3.63) is 70.2 Å². The summed E-state index contributed by atoms with van der Waals surface area (Å²) in [5.74, 6) is 2.68. The maximum absolute atomic E-state index is 10.4. The van der Waals surface area contributed by atoms with Crippen LogP contribution in [0.5, 0.6) is 0 Å². The van der Waals surface area contributed by atoms with E-state index in [4.69, 9.17) is 44.1 Å². The van der Waals surface area contributed by atoms with Crippen molar-refractivity contribution >= 4 is 69.4 Å². The van der Waals surface area contributed by atoms with E-state index in [0.717, 1.165) is 34.1 Å². The molecule has 78 heavy (non-hydrogen) atoms. The minimum Gasteiger partial charge on any atom is -0.378 e. The Morgan fingerprint density at radius 3 is 0.936 bits per heavy atom. The van der Waals surface area contributed by atoms with Crippen LogP contribution in [0.15, 0.2) is 67.5 Å². The highest BCUT2D eigenvalue weighted by atomic mass is 16.5. The Bertz CT molecular complexity index is 3210. The van der Waals surface area contributed by atoms with E-state index in [0.29, 0.717) is 113 Å². The average molecular weight is 1050 g/mol. The van der Waals surface area contributed by atoms with Crippen molar-refractivity contribution in [1.29, 1.82) is 15.8 Å². The van der Waals surface area contributed by atoms with Gasteiger partial charge in [-0.2, -0.15) is 60.1 Å². The Morgan fingerprint density at radius 2 is 0.692 bits per heavy atom. The van der Waals surface area contributed by atoms with E-state index in [1.807, 2.05) is 39.0 Å². The van der Waals surface area contributed by atoms with Gasteiger partial charge in [-0.25, -0.2) is 15.0 Å². The van der Waals surface area contributed by atoms with E-state index in [2.05, 4.69) is 94.8 Å². The number of nitrogens with one attached hydrogen (secondary N) is 3. The molecule has 3 aliphatic heterocycles. The number of rotatable bonds is 15. The van der Waals surface area contributed by atoms with Crippen LogP contribution in [0.1, 0.15) is 33.4 Å². The Hall–Kier alpha value is -9.96. The molecule has 10 rings (SSSR count). The molecule has 3 fully saturated rings. The molecule has 0 amide bonds. The summed E-state index contributed by atoms with van der Waals surface area (Å²) >= 11 is 0. The summed E-state index contributed by atoms with van der Waals surface area (Å²) in [7, 11) is 5.18. The Kier molecular flexibility index (Phi) is 15.1. The van der Waals surface area contributed by atoms with Gasteiger partial charge in [0.1, 0.15) is 69.4 Å². The number of azo groups is 3. The lowest BCUT2D eigenvalue weighted by Crippen LogP contribution is -2.36. The number of aryl methyl sites for hydroxylation is 3. The second-order valence-corrected chi connectivity index (χ2v) is 17.6. The number of hydrogen-bond donors (Lipinski definition) is 3. The highest BCUT2D eigenvalue weighted by Crippen LogP contribution is 2.37. The van der Waals surface area contributed by atoms with E-state index >= 15 is 0 Å². The van der Waals surface area contributed by atoms with Gasteiger partial charge in [-0.15, -0.1) is 30.7 Å². The number of nitriles is 3. The molecule has 0 aliphatic carbocycles. The standard InChI is InChI=1S/C48H51N27O3/c1-28-19-34(70-7-13-76-14-8-70)58-40(52-4)37(28)64-67-43-31(22-49)25-55-73(43)46-61-47(74-44(32(23-50)26-56-74)68-65-38-29(2)20-35(59-41(38)53-5)71-9-15-77-16-10-71)63-48(62-46)75-45(33(24-51)27-57-75)69-66-39-30(3)21-36(60-42(39)54-6)72-11-17-78-18-12-72/h19-21,25-27H,7-18H2,1-6H3,(H,52,58)(H,53,59)(H,54,60). The highest BCUT2D eigenvalue weighted by molar-refractivity contribution is 5.71. The van der Waals surface area contributed by atoms with Crippen LogP contribution in [0.3, 0.4) is 0 Å². The molecule has 7 aromatic rings. The normalized spacial score (nSPS) is 15.0. The second kappa shape index (κ2) is 22.9. The van der Waals surface area contributed by atoms with E-state index in [1.165, 1.54) is 32.6 Å². The fraction of sp³-hybridized carbons (Fsp3) is 0.375. The summed E-state index contributed by atoms with van der Waals surface area (Å²) in [6, 6.07) is 12.1. The van der Waals surface area contributed by atoms with Gasteiger partial charge in [0, 0.05) is 60.4 Å². The molecule has 30 heteroatoms. The van der Waals surface area contributed by atoms with Crippen LogP contribution in [0.2, 0.25) is 0 Å². The fourth-order valence-corrected chi connectivity index (χ4v) is 8.62. The minimum atomic E-state index is -0.224. The van der Waals surface area contributed by atoms with Crippen molar-refractivity contribution in [2.24, 2.45) is 30.7 Å². The summed E-state index contributed by atoms with van der Waals surface area (Å²) in [5.41, 5.74) is 3.49. The number of hydrogen-bond acceptors (Lipinski definition) is 27. The summed E-state index contributed by atoms with van der Waals surface area (Å²) in [6.45, 7) is 13.2. The lowest BCUT2D eigenvalue weighted by molar-refractivity contribution is 0.122. The predicted molar refractivity (Wildman–Crippen MR) is 283 cm³/mol. The summed E-state index contributed by atoms with van der Waals surface area (Å²) in [5, 5.41) is 81.7. The van der Waals surface area contributed by atoms with Crippen LogP contribution >= 0.6 is 0 Å². The molecule has 10 heterocycles. The fourth-order valence-electron chi connectivity index (χ4n) is 8.62. The Morgan fingerprint density at radius 1 is 0.423 bits per heavy atom. The van der Waals surface area contributed by atoms with Gasteiger partial charge in [-0.05, 0) is 55.7 Å². The van der Waals surface area contributed by atoms with Crippen molar-refractivity contribution in [3.8, 4) is 36.1 Å². The molecule has 0 unspecified atom stereocenters. The zero-order valence-electron chi connectivity index (χ0n) is 43.4. The Balaban J connectivity index is 1.10. The van der Waals surface area contributed by atoms with E-state index in [9.17, 15) is 15.8 Å². The van der Waals surface area contributed by atoms with Crippen molar-refractivity contribution in [3.63, 3.8) is 0 Å². The zero-order chi connectivity index (χ0) is 54.3. The van der Waals surface area contributed by atoms with Gasteiger partial charge in [-0.1, -0.05) is 0 Å². The molecular formula is C48H51N27O3. The van der Waals surface area contributed by atoms with Crippen molar-refractivity contribution in [2.45, 2.75) is 20.8 Å². The molecule has 0 atom stereocenters. The quantitative estimate of drug-likeness (QED) is 0.0986. The van der Waals surface area contributed by atoms with Gasteiger partial charge >= 0.3 is 0 Å². The number of anilines is 6. The van der Waals surface area contributed by atoms with E-state index in [-0.39, 0.29) is 52.0 Å². The van der Waals surface area contributed by atoms with Crippen LogP contribution in [-0.2, 0) is 14.2 Å². The van der Waals surface area contributed by atoms with Gasteiger partial charge in [0.25, 0.3) is 17.8 Å². The lowest BCUT2D eigenvalue weighted by Gasteiger charge is -2.28. The first kappa shape index (κ1) is 51.5. The molecule has 0 bridgehead atoms. The third-order valence-electron chi connectivity index (χ3n) is 12.7. The maximum Gasteiger partial charge on any atom is 0.259 e. The molecule has 3 saturated heterocycles. The molecule has 0 radical (unpaired) electrons. The molecule has 0 saturated carbocycles. The van der Waals surface area contributed by atoms with E-state index < -0.39 is 0 Å². The topological polar surface area (TPSA) is 350 Å². The summed E-state index contributed by atoms with van der Waals surface area (Å²) in [4.78, 5) is 35.2. The number of morpholine rings is 3. The number of aromatic nitrogens is 12. The molecule has 3 aliphatic rings. The van der Waals surface area contributed by atoms with Crippen LogP contribution < -0.4 is 30.7 Å². The summed E-state index contributed by atoms with van der Waals surface area (Å²) < 4.78 is 20.2. The van der Waals surface area contributed by atoms with Gasteiger partial charge in [0.15, 0.2) is 34.9 Å². The third-order valence-corrected chi connectivity index (χ3v) is 12.7. The molecule has 3 N–H and O–H groups in total. The Labute approximate surface area is 445 Å². The first-order valence-corrected chi connectivity index (χ1v) is 24.7. The maximum atomic E-state index is 10.4. The van der Waals surface area contributed by atoms with Gasteiger partial charge < -0.3 is 44.9 Å². The van der Waals surface area contributed by atoms with E-state index in [1.54, 1.807) is 21.1 Å². The SMILES string of the molecule is CNc1nc(N2CCOCC2)cc(C)c1N=Nc1c(C#N)cnn1-c1nc(-n2ncc(C#N)c2N=Nc2c(C)cc(N3CCOCC3)nc2NC)nc(-n2ncc(C#N)c2N=Nc2c(C)cc(N3CCOCC3)nc2NC)n1. The van der Waals surface area contributed by atoms with Gasteiger partial charge in [0.05, 0.1) is 58.2 Å². The van der Waals surface area contributed by atoms with Gasteiger partial charge in [-0.3, -0.25) is 0 Å². The van der Waals surface area contributed by atoms with Crippen molar-refractivity contribution in [1.82, 2.24) is 59.2 Å². The minimum absolute atomic E-state index is 0.0115. The number of ether oxygens (including phenoxy) is 3. The van der Waals surface area contributed by atoms with Crippen LogP contribution in [0.25, 0.3) is 17.8 Å². The first-order chi connectivity index (χ1) is 38.1.